The van der Waals surface area contributed by atoms with E-state index in [0.29, 0.717) is 6.54 Å². The minimum Gasteiger partial charge on any atom is -0.384 e. The fourth-order valence-corrected chi connectivity index (χ4v) is 4.58. The van der Waals surface area contributed by atoms with Crippen molar-refractivity contribution >= 4 is 38.9 Å². The average Bonchev–Trinajstić information content (AvgIpc) is 3.09. The zero-order chi connectivity index (χ0) is 21.1. The third kappa shape index (κ3) is 4.75. The van der Waals surface area contributed by atoms with Crippen molar-refractivity contribution < 1.29 is 4.79 Å². The van der Waals surface area contributed by atoms with Gasteiger partial charge < -0.3 is 5.73 Å². The van der Waals surface area contributed by atoms with Gasteiger partial charge in [0.15, 0.2) is 5.78 Å². The second-order valence-corrected chi connectivity index (χ2v) is 8.72. The summed E-state index contributed by atoms with van der Waals surface area (Å²) in [6.45, 7) is 0.753. The van der Waals surface area contributed by atoms with Gasteiger partial charge in [-0.2, -0.15) is 0 Å². The lowest BCUT2D eigenvalue weighted by Crippen LogP contribution is -2.44. The summed E-state index contributed by atoms with van der Waals surface area (Å²) in [4.78, 5) is 41.0. The summed E-state index contributed by atoms with van der Waals surface area (Å²) in [5.74, 6) is -0.512. The zero-order valence-electron chi connectivity index (χ0n) is 16.1. The summed E-state index contributed by atoms with van der Waals surface area (Å²) in [5.41, 5.74) is 5.61. The molecule has 0 aliphatic heterocycles. The van der Waals surface area contributed by atoms with Crippen molar-refractivity contribution in [1.29, 1.82) is 0 Å². The maximum atomic E-state index is 12.9. The summed E-state index contributed by atoms with van der Waals surface area (Å²) in [6, 6.07) is 11.3. The van der Waals surface area contributed by atoms with Crippen LogP contribution in [0, 0.1) is 0 Å². The summed E-state index contributed by atoms with van der Waals surface area (Å²) in [6.07, 6.45) is 0. The van der Waals surface area contributed by atoms with E-state index in [-0.39, 0.29) is 24.5 Å². The Balaban J connectivity index is 1.90. The van der Waals surface area contributed by atoms with Crippen LogP contribution in [0.15, 0.2) is 55.8 Å². The predicted molar refractivity (Wildman–Crippen MR) is 119 cm³/mol. The molecule has 7 nitrogen and oxygen atoms in total. The molecule has 0 fully saturated rings. The number of anilines is 1. The molecular weight excluding hydrogens is 456 g/mol. The van der Waals surface area contributed by atoms with Gasteiger partial charge in [0.2, 0.25) is 0 Å². The number of aromatic nitrogens is 2. The number of thiophene rings is 1. The molecule has 3 rings (SSSR count). The molecular formula is C20H21BrN4O3S. The van der Waals surface area contributed by atoms with Gasteiger partial charge in [-0.25, -0.2) is 4.79 Å². The number of ketones is 1. The van der Waals surface area contributed by atoms with Crippen molar-refractivity contribution in [1.82, 2.24) is 14.0 Å². The van der Waals surface area contributed by atoms with Crippen LogP contribution < -0.4 is 17.0 Å². The van der Waals surface area contributed by atoms with Crippen LogP contribution in [-0.4, -0.2) is 33.4 Å². The molecule has 0 radical (unpaired) electrons. The number of carbonyl (C=O) groups is 1. The number of hydrogen-bond donors (Lipinski definition) is 1. The molecule has 2 N–H and O–H groups in total. The highest BCUT2D eigenvalue weighted by molar-refractivity contribution is 9.10. The number of carbonyl (C=O) groups excluding carboxylic acids is 1. The quantitative estimate of drug-likeness (QED) is 0.528. The van der Waals surface area contributed by atoms with Gasteiger partial charge in [-0.3, -0.25) is 23.6 Å². The van der Waals surface area contributed by atoms with Gasteiger partial charge in [0, 0.05) is 28.3 Å². The lowest BCUT2D eigenvalue weighted by molar-refractivity contribution is 0.0941. The molecule has 0 amide bonds. The van der Waals surface area contributed by atoms with Crippen LogP contribution in [0.1, 0.15) is 20.8 Å². The molecule has 0 atom stereocenters. The first-order valence-corrected chi connectivity index (χ1v) is 10.5. The number of likely N-dealkylation sites (N-methyl/N-ethyl adjacent to an activating group) is 1. The molecule has 2 heterocycles. The Morgan fingerprint density at radius 3 is 2.55 bits per heavy atom. The highest BCUT2D eigenvalue weighted by Crippen LogP contribution is 2.21. The van der Waals surface area contributed by atoms with E-state index in [1.54, 1.807) is 18.4 Å². The minimum absolute atomic E-state index is 0.0124. The molecule has 9 heteroatoms. The fraction of sp³-hybridized carbons (Fsp3) is 0.250. The van der Waals surface area contributed by atoms with Crippen molar-refractivity contribution in [2.75, 3.05) is 19.3 Å². The molecule has 1 aromatic carbocycles. The van der Waals surface area contributed by atoms with Gasteiger partial charge in [0.05, 0.1) is 13.1 Å². The van der Waals surface area contributed by atoms with Gasteiger partial charge in [-0.05, 0) is 34.6 Å². The SMILES string of the molecule is CN(CC(=O)c1c(N)n(Cc2ccccc2)c(=O)n(C)c1=O)Cc1cc(Br)cs1. The first-order valence-electron chi connectivity index (χ1n) is 8.85. The fourth-order valence-electron chi connectivity index (χ4n) is 3.05. The monoisotopic (exact) mass is 476 g/mol. The predicted octanol–water partition coefficient (Wildman–Crippen LogP) is 2.32. The average molecular weight is 477 g/mol. The van der Waals surface area contributed by atoms with E-state index in [1.165, 1.54) is 11.6 Å². The van der Waals surface area contributed by atoms with Crippen molar-refractivity contribution in [2.45, 2.75) is 13.1 Å². The van der Waals surface area contributed by atoms with Crippen LogP contribution >= 0.6 is 27.3 Å². The number of nitrogen functional groups attached to an aromatic ring is 1. The highest BCUT2D eigenvalue weighted by Gasteiger charge is 2.22. The smallest absolute Gasteiger partial charge is 0.332 e. The summed E-state index contributed by atoms with van der Waals surface area (Å²) in [7, 11) is 3.15. The summed E-state index contributed by atoms with van der Waals surface area (Å²) in [5, 5.41) is 1.97. The van der Waals surface area contributed by atoms with Crippen LogP contribution in [0.4, 0.5) is 5.82 Å². The molecule has 0 aliphatic rings. The first kappa shape index (κ1) is 21.2. The van der Waals surface area contributed by atoms with Crippen LogP contribution in [0.25, 0.3) is 0 Å². The Bertz CT molecular complexity index is 1150. The molecule has 3 aromatic rings. The van der Waals surface area contributed by atoms with Crippen LogP contribution in [0.5, 0.6) is 0 Å². The number of rotatable bonds is 7. The second kappa shape index (κ2) is 8.89. The standard InChI is InChI=1S/C20H21BrN4O3S/c1-23(10-15-8-14(21)12-29-15)11-16(26)17-18(22)25(20(28)24(2)19(17)27)9-13-6-4-3-5-7-13/h3-8,12H,9-11,22H2,1-2H3. The topological polar surface area (TPSA) is 90.3 Å². The van der Waals surface area contributed by atoms with Gasteiger partial charge in [-0.15, -0.1) is 11.3 Å². The Labute approximate surface area is 180 Å². The minimum atomic E-state index is -0.672. The number of hydrogen-bond acceptors (Lipinski definition) is 6. The van der Waals surface area contributed by atoms with E-state index < -0.39 is 17.0 Å². The number of Topliss-reactive ketones (excluding diaryl/α,β-unsaturated/α-hetero) is 1. The number of halogens is 1. The van der Waals surface area contributed by atoms with Gasteiger partial charge >= 0.3 is 5.69 Å². The van der Waals surface area contributed by atoms with E-state index in [2.05, 4.69) is 15.9 Å². The zero-order valence-corrected chi connectivity index (χ0v) is 18.5. The summed E-state index contributed by atoms with van der Waals surface area (Å²) >= 11 is 4.99. The van der Waals surface area contributed by atoms with Crippen molar-refractivity contribution in [3.05, 3.63) is 83.1 Å². The Morgan fingerprint density at radius 1 is 1.24 bits per heavy atom. The van der Waals surface area contributed by atoms with Crippen molar-refractivity contribution in [3.63, 3.8) is 0 Å². The van der Waals surface area contributed by atoms with Crippen molar-refractivity contribution in [3.8, 4) is 0 Å². The van der Waals surface area contributed by atoms with Crippen LogP contribution in [-0.2, 0) is 20.1 Å². The number of nitrogens with zero attached hydrogens (tertiary/aromatic N) is 3. The first-order chi connectivity index (χ1) is 13.8. The molecule has 2 aromatic heterocycles. The lowest BCUT2D eigenvalue weighted by atomic mass is 10.1. The highest BCUT2D eigenvalue weighted by atomic mass is 79.9. The molecule has 0 unspecified atom stereocenters. The van der Waals surface area contributed by atoms with Crippen LogP contribution in [0.3, 0.4) is 0 Å². The third-order valence-electron chi connectivity index (χ3n) is 4.51. The Hall–Kier alpha value is -2.49. The molecule has 0 saturated heterocycles. The number of benzene rings is 1. The maximum Gasteiger partial charge on any atom is 0.332 e. The molecule has 29 heavy (non-hydrogen) atoms. The maximum absolute atomic E-state index is 12.9. The van der Waals surface area contributed by atoms with E-state index in [9.17, 15) is 14.4 Å². The Morgan fingerprint density at radius 2 is 1.93 bits per heavy atom. The Kier molecular flexibility index (Phi) is 6.51. The van der Waals surface area contributed by atoms with E-state index in [0.717, 1.165) is 19.5 Å². The normalized spacial score (nSPS) is 11.2. The molecule has 0 aliphatic carbocycles. The van der Waals surface area contributed by atoms with Gasteiger partial charge in [0.1, 0.15) is 11.4 Å². The molecule has 0 saturated carbocycles. The number of nitrogens with two attached hydrogens (primary N) is 1. The third-order valence-corrected chi connectivity index (χ3v) is 6.19. The van der Waals surface area contributed by atoms with Gasteiger partial charge in [-0.1, -0.05) is 30.3 Å². The lowest BCUT2D eigenvalue weighted by Gasteiger charge is -2.18. The van der Waals surface area contributed by atoms with Crippen molar-refractivity contribution in [2.24, 2.45) is 7.05 Å². The molecule has 152 valence electrons. The molecule has 0 spiro atoms. The largest absolute Gasteiger partial charge is 0.384 e. The second-order valence-electron chi connectivity index (χ2n) is 6.81. The summed E-state index contributed by atoms with van der Waals surface area (Å²) < 4.78 is 3.19. The molecule has 0 bridgehead atoms. The van der Waals surface area contributed by atoms with E-state index in [1.807, 2.05) is 46.7 Å². The van der Waals surface area contributed by atoms with E-state index >= 15 is 0 Å². The van der Waals surface area contributed by atoms with E-state index in [4.69, 9.17) is 5.73 Å². The van der Waals surface area contributed by atoms with Gasteiger partial charge in [0.25, 0.3) is 5.56 Å². The van der Waals surface area contributed by atoms with Crippen LogP contribution in [0.2, 0.25) is 0 Å².